The Bertz CT molecular complexity index is 372. The lowest BCUT2D eigenvalue weighted by molar-refractivity contribution is 0.326. The van der Waals surface area contributed by atoms with Gasteiger partial charge in [0.2, 0.25) is 0 Å². The quantitative estimate of drug-likeness (QED) is 0.757. The molecule has 1 atom stereocenters. The average Bonchev–Trinajstić information content (AvgIpc) is 2.12. The van der Waals surface area contributed by atoms with E-state index in [0.717, 1.165) is 6.54 Å². The number of nitrogens with zero attached hydrogens (tertiary/aromatic N) is 2. The van der Waals surface area contributed by atoms with Gasteiger partial charge in [0.1, 0.15) is 11.6 Å². The van der Waals surface area contributed by atoms with Gasteiger partial charge in [0.15, 0.2) is 0 Å². The van der Waals surface area contributed by atoms with Crippen LogP contribution in [-0.2, 0) is 0 Å². The number of H-pyrrole nitrogens is 1. The molecular weight excluding hydrogens is 192 g/mol. The summed E-state index contributed by atoms with van der Waals surface area (Å²) in [5, 5.41) is 3.13. The molecule has 1 unspecified atom stereocenters. The second kappa shape index (κ2) is 4.93. The number of hydrogen-bond donors (Lipinski definition) is 2. The normalized spacial score (nSPS) is 12.9. The fourth-order valence-electron chi connectivity index (χ4n) is 1.10. The van der Waals surface area contributed by atoms with Crippen molar-refractivity contribution in [1.29, 1.82) is 0 Å². The standard InChI is InChI=1S/C10H18N4O/c1-7(14(3)4)6-11-9-5-10(15)13-8(2)12-9/h5,7H,6H2,1-4H3,(H2,11,12,13,15). The molecule has 84 valence electrons. The van der Waals surface area contributed by atoms with E-state index in [9.17, 15) is 4.79 Å². The molecule has 0 spiro atoms. The van der Waals surface area contributed by atoms with Crippen molar-refractivity contribution in [3.63, 3.8) is 0 Å². The summed E-state index contributed by atoms with van der Waals surface area (Å²) in [6, 6.07) is 1.86. The van der Waals surface area contributed by atoms with E-state index >= 15 is 0 Å². The summed E-state index contributed by atoms with van der Waals surface area (Å²) in [6.45, 7) is 4.64. The largest absolute Gasteiger partial charge is 0.368 e. The Balaban J connectivity index is 2.61. The highest BCUT2D eigenvalue weighted by Crippen LogP contribution is 1.99. The predicted molar refractivity (Wildman–Crippen MR) is 61.2 cm³/mol. The lowest BCUT2D eigenvalue weighted by Gasteiger charge is -2.20. The van der Waals surface area contributed by atoms with Crippen LogP contribution in [-0.4, -0.2) is 41.5 Å². The summed E-state index contributed by atoms with van der Waals surface area (Å²) < 4.78 is 0. The minimum absolute atomic E-state index is 0.123. The Labute approximate surface area is 89.5 Å². The summed E-state index contributed by atoms with van der Waals surface area (Å²) in [4.78, 5) is 20.0. The zero-order valence-corrected chi connectivity index (χ0v) is 9.66. The van der Waals surface area contributed by atoms with Gasteiger partial charge in [-0.2, -0.15) is 0 Å². The molecule has 0 amide bonds. The Hall–Kier alpha value is -1.36. The molecule has 1 aromatic heterocycles. The molecule has 0 radical (unpaired) electrons. The summed E-state index contributed by atoms with van der Waals surface area (Å²) in [6.07, 6.45) is 0. The number of aryl methyl sites for hydroxylation is 1. The predicted octanol–water partition coefficient (Wildman–Crippen LogP) is 0.440. The van der Waals surface area contributed by atoms with Gasteiger partial charge in [-0.15, -0.1) is 0 Å². The smallest absolute Gasteiger partial charge is 0.252 e. The molecule has 0 fully saturated rings. The summed E-state index contributed by atoms with van der Waals surface area (Å²) in [7, 11) is 4.03. The Kier molecular flexibility index (Phi) is 3.85. The van der Waals surface area contributed by atoms with Crippen molar-refractivity contribution in [2.24, 2.45) is 0 Å². The van der Waals surface area contributed by atoms with Crippen LogP contribution < -0.4 is 10.9 Å². The zero-order chi connectivity index (χ0) is 11.4. The van der Waals surface area contributed by atoms with Crippen molar-refractivity contribution >= 4 is 5.82 Å². The lowest BCUT2D eigenvalue weighted by atomic mass is 10.3. The van der Waals surface area contributed by atoms with E-state index in [1.807, 2.05) is 14.1 Å². The van der Waals surface area contributed by atoms with E-state index in [1.54, 1.807) is 6.92 Å². The van der Waals surface area contributed by atoms with E-state index in [4.69, 9.17) is 0 Å². The molecule has 0 aliphatic heterocycles. The van der Waals surface area contributed by atoms with Crippen LogP contribution in [0.1, 0.15) is 12.7 Å². The van der Waals surface area contributed by atoms with Crippen molar-refractivity contribution in [3.05, 3.63) is 22.2 Å². The van der Waals surface area contributed by atoms with Crippen molar-refractivity contribution in [2.45, 2.75) is 19.9 Å². The molecule has 5 nitrogen and oxygen atoms in total. The zero-order valence-electron chi connectivity index (χ0n) is 9.66. The molecule has 0 bridgehead atoms. The maximum atomic E-state index is 11.1. The molecule has 0 saturated heterocycles. The molecule has 0 aliphatic rings. The van der Waals surface area contributed by atoms with Crippen LogP contribution in [0, 0.1) is 6.92 Å². The number of anilines is 1. The Morgan fingerprint density at radius 1 is 1.60 bits per heavy atom. The van der Waals surface area contributed by atoms with Crippen molar-refractivity contribution in [1.82, 2.24) is 14.9 Å². The van der Waals surface area contributed by atoms with E-state index in [2.05, 4.69) is 27.1 Å². The SMILES string of the molecule is Cc1nc(NCC(C)N(C)C)cc(=O)[nH]1. The van der Waals surface area contributed by atoms with E-state index in [1.165, 1.54) is 6.07 Å². The molecule has 1 heterocycles. The number of hydrogen-bond acceptors (Lipinski definition) is 4. The van der Waals surface area contributed by atoms with Gasteiger partial charge in [0.05, 0.1) is 0 Å². The summed E-state index contributed by atoms with van der Waals surface area (Å²) in [5.74, 6) is 1.26. The van der Waals surface area contributed by atoms with Gasteiger partial charge in [0.25, 0.3) is 5.56 Å². The fraction of sp³-hybridized carbons (Fsp3) is 0.600. The number of aromatic amines is 1. The first kappa shape index (κ1) is 11.7. The van der Waals surface area contributed by atoms with Gasteiger partial charge in [-0.1, -0.05) is 0 Å². The molecule has 5 heteroatoms. The highest BCUT2D eigenvalue weighted by atomic mass is 16.1. The molecule has 15 heavy (non-hydrogen) atoms. The molecule has 0 aliphatic carbocycles. The van der Waals surface area contributed by atoms with Crippen LogP contribution in [0.2, 0.25) is 0 Å². The molecule has 0 aromatic carbocycles. The molecule has 1 rings (SSSR count). The van der Waals surface area contributed by atoms with Gasteiger partial charge in [-0.3, -0.25) is 4.79 Å². The third-order valence-corrected chi connectivity index (χ3v) is 2.32. The maximum Gasteiger partial charge on any atom is 0.252 e. The Morgan fingerprint density at radius 3 is 2.80 bits per heavy atom. The maximum absolute atomic E-state index is 11.1. The van der Waals surface area contributed by atoms with Crippen LogP contribution in [0.3, 0.4) is 0 Å². The molecular formula is C10H18N4O. The summed E-state index contributed by atoms with van der Waals surface area (Å²) in [5.41, 5.74) is -0.123. The highest BCUT2D eigenvalue weighted by molar-refractivity contribution is 5.32. The van der Waals surface area contributed by atoms with E-state index in [-0.39, 0.29) is 5.56 Å². The first-order valence-corrected chi connectivity index (χ1v) is 4.97. The van der Waals surface area contributed by atoms with E-state index in [0.29, 0.717) is 17.7 Å². The van der Waals surface area contributed by atoms with E-state index < -0.39 is 0 Å². The van der Waals surface area contributed by atoms with Gasteiger partial charge in [-0.05, 0) is 27.9 Å². The topological polar surface area (TPSA) is 61.0 Å². The number of nitrogens with one attached hydrogen (secondary N) is 2. The molecule has 0 saturated carbocycles. The second-order valence-corrected chi connectivity index (χ2v) is 3.91. The van der Waals surface area contributed by atoms with Gasteiger partial charge in [0, 0.05) is 18.7 Å². The second-order valence-electron chi connectivity index (χ2n) is 3.91. The lowest BCUT2D eigenvalue weighted by Crippen LogP contribution is -2.32. The first-order valence-electron chi connectivity index (χ1n) is 4.97. The highest BCUT2D eigenvalue weighted by Gasteiger charge is 2.04. The van der Waals surface area contributed by atoms with Crippen LogP contribution in [0.15, 0.2) is 10.9 Å². The van der Waals surface area contributed by atoms with Crippen molar-refractivity contribution in [3.8, 4) is 0 Å². The fourth-order valence-corrected chi connectivity index (χ4v) is 1.10. The van der Waals surface area contributed by atoms with Gasteiger partial charge in [-0.25, -0.2) is 4.98 Å². The van der Waals surface area contributed by atoms with Crippen LogP contribution in [0.25, 0.3) is 0 Å². The minimum atomic E-state index is -0.123. The van der Waals surface area contributed by atoms with Crippen molar-refractivity contribution < 1.29 is 0 Å². The van der Waals surface area contributed by atoms with Crippen LogP contribution in [0.4, 0.5) is 5.82 Å². The minimum Gasteiger partial charge on any atom is -0.368 e. The average molecular weight is 210 g/mol. The number of likely N-dealkylation sites (N-methyl/N-ethyl adjacent to an activating group) is 1. The third-order valence-electron chi connectivity index (χ3n) is 2.32. The first-order chi connectivity index (χ1) is 6.99. The van der Waals surface area contributed by atoms with Gasteiger partial charge < -0.3 is 15.2 Å². The molecule has 2 N–H and O–H groups in total. The molecule has 1 aromatic rings. The summed E-state index contributed by atoms with van der Waals surface area (Å²) >= 11 is 0. The monoisotopic (exact) mass is 210 g/mol. The Morgan fingerprint density at radius 2 is 2.27 bits per heavy atom. The number of aromatic nitrogens is 2. The third kappa shape index (κ3) is 3.71. The number of rotatable bonds is 4. The van der Waals surface area contributed by atoms with Gasteiger partial charge >= 0.3 is 0 Å². The van der Waals surface area contributed by atoms with Crippen molar-refractivity contribution in [2.75, 3.05) is 26.0 Å². The van der Waals surface area contributed by atoms with Crippen LogP contribution in [0.5, 0.6) is 0 Å². The van der Waals surface area contributed by atoms with Crippen LogP contribution >= 0.6 is 0 Å².